The van der Waals surface area contributed by atoms with Crippen LogP contribution in [0.5, 0.6) is 5.75 Å². The lowest BCUT2D eigenvalue weighted by Gasteiger charge is -2.28. The minimum absolute atomic E-state index is 0.185. The number of hydrogen-bond acceptors (Lipinski definition) is 6. The van der Waals surface area contributed by atoms with E-state index in [1.807, 2.05) is 6.07 Å². The van der Waals surface area contributed by atoms with Crippen molar-refractivity contribution >= 4 is 39.0 Å². The number of halogens is 2. The van der Waals surface area contributed by atoms with Gasteiger partial charge in [0.05, 0.1) is 30.5 Å². The molecule has 130 valence electrons. The van der Waals surface area contributed by atoms with Gasteiger partial charge in [0.25, 0.3) is 0 Å². The second-order valence-corrected chi connectivity index (χ2v) is 6.98. The van der Waals surface area contributed by atoms with Crippen LogP contribution in [-0.4, -0.2) is 43.4 Å². The number of rotatable bonds is 3. The first-order chi connectivity index (χ1) is 12.2. The molecule has 0 bridgehead atoms. The van der Waals surface area contributed by atoms with Crippen molar-refractivity contribution in [3.05, 3.63) is 35.4 Å². The van der Waals surface area contributed by atoms with Crippen LogP contribution >= 0.6 is 22.9 Å². The standard InChI is InChI=1S/C17H15ClFN3O2S/c1-23-10-2-3-12(19)11(8-10)14-9-13-15(25-14)16(21-17(18)20-13)22-4-6-24-7-5-22/h2-3,8-9H,4-7H2,1H3. The first kappa shape index (κ1) is 16.5. The molecule has 3 heterocycles. The zero-order valence-corrected chi connectivity index (χ0v) is 15.0. The Morgan fingerprint density at radius 1 is 1.24 bits per heavy atom. The van der Waals surface area contributed by atoms with Crippen molar-refractivity contribution in [3.63, 3.8) is 0 Å². The molecule has 0 aliphatic carbocycles. The molecule has 0 saturated carbocycles. The molecule has 0 amide bonds. The summed E-state index contributed by atoms with van der Waals surface area (Å²) in [5.41, 5.74) is 1.19. The third kappa shape index (κ3) is 3.15. The SMILES string of the molecule is COc1ccc(F)c(-c2cc3nc(Cl)nc(N4CCOCC4)c3s2)c1. The Kier molecular flexibility index (Phi) is 4.45. The van der Waals surface area contributed by atoms with Crippen molar-refractivity contribution < 1.29 is 13.9 Å². The number of benzene rings is 1. The Labute approximate surface area is 153 Å². The van der Waals surface area contributed by atoms with Crippen molar-refractivity contribution in [3.8, 4) is 16.2 Å². The maximum absolute atomic E-state index is 14.3. The van der Waals surface area contributed by atoms with Gasteiger partial charge in [-0.25, -0.2) is 9.37 Å². The molecule has 0 N–H and O–H groups in total. The topological polar surface area (TPSA) is 47.5 Å². The van der Waals surface area contributed by atoms with E-state index in [0.717, 1.165) is 28.5 Å². The van der Waals surface area contributed by atoms with E-state index in [4.69, 9.17) is 21.1 Å². The van der Waals surface area contributed by atoms with Gasteiger partial charge in [0.2, 0.25) is 5.28 Å². The van der Waals surface area contributed by atoms with Gasteiger partial charge in [-0.2, -0.15) is 4.98 Å². The van der Waals surface area contributed by atoms with Crippen LogP contribution in [0.4, 0.5) is 10.2 Å². The van der Waals surface area contributed by atoms with E-state index in [1.54, 1.807) is 19.2 Å². The average molecular weight is 380 g/mol. The number of morpholine rings is 1. The molecule has 8 heteroatoms. The number of aromatic nitrogens is 2. The molecule has 0 spiro atoms. The smallest absolute Gasteiger partial charge is 0.224 e. The number of hydrogen-bond donors (Lipinski definition) is 0. The molecule has 25 heavy (non-hydrogen) atoms. The van der Waals surface area contributed by atoms with Crippen molar-refractivity contribution in [2.75, 3.05) is 38.3 Å². The first-order valence-corrected chi connectivity index (χ1v) is 8.99. The normalized spacial score (nSPS) is 14.9. The van der Waals surface area contributed by atoms with E-state index in [0.29, 0.717) is 30.0 Å². The number of anilines is 1. The largest absolute Gasteiger partial charge is 0.497 e. The molecule has 0 unspecified atom stereocenters. The first-order valence-electron chi connectivity index (χ1n) is 7.79. The lowest BCUT2D eigenvalue weighted by Crippen LogP contribution is -2.36. The maximum atomic E-state index is 14.3. The number of nitrogens with zero attached hydrogens (tertiary/aromatic N) is 3. The zero-order chi connectivity index (χ0) is 17.4. The molecule has 1 saturated heterocycles. The molecule has 1 aliphatic rings. The van der Waals surface area contributed by atoms with E-state index < -0.39 is 0 Å². The van der Waals surface area contributed by atoms with Gasteiger partial charge < -0.3 is 14.4 Å². The van der Waals surface area contributed by atoms with Crippen molar-refractivity contribution in [1.82, 2.24) is 9.97 Å². The van der Waals surface area contributed by atoms with Crippen LogP contribution in [-0.2, 0) is 4.74 Å². The van der Waals surface area contributed by atoms with Crippen LogP contribution in [0.1, 0.15) is 0 Å². The highest BCUT2D eigenvalue weighted by Crippen LogP contribution is 2.39. The summed E-state index contributed by atoms with van der Waals surface area (Å²) < 4.78 is 25.8. The molecule has 1 aromatic carbocycles. The predicted octanol–water partition coefficient (Wildman–Crippen LogP) is 4.00. The van der Waals surface area contributed by atoms with Gasteiger partial charge in [0, 0.05) is 23.5 Å². The summed E-state index contributed by atoms with van der Waals surface area (Å²) in [6, 6.07) is 6.53. The van der Waals surface area contributed by atoms with E-state index in [2.05, 4.69) is 14.9 Å². The highest BCUT2D eigenvalue weighted by atomic mass is 35.5. The van der Waals surface area contributed by atoms with Crippen molar-refractivity contribution in [2.45, 2.75) is 0 Å². The van der Waals surface area contributed by atoms with Crippen LogP contribution in [0.15, 0.2) is 24.3 Å². The fourth-order valence-electron chi connectivity index (χ4n) is 2.83. The Hall–Kier alpha value is -1.96. The van der Waals surface area contributed by atoms with Gasteiger partial charge in [0.1, 0.15) is 11.6 Å². The minimum atomic E-state index is -0.306. The second kappa shape index (κ2) is 6.74. The maximum Gasteiger partial charge on any atom is 0.224 e. The quantitative estimate of drug-likeness (QED) is 0.644. The van der Waals surface area contributed by atoms with Gasteiger partial charge in [-0.05, 0) is 35.9 Å². The van der Waals surface area contributed by atoms with Gasteiger partial charge >= 0.3 is 0 Å². The Balaban J connectivity index is 1.85. The lowest BCUT2D eigenvalue weighted by molar-refractivity contribution is 0.122. The molecule has 3 aromatic rings. The fourth-order valence-corrected chi connectivity index (χ4v) is 4.13. The predicted molar refractivity (Wildman–Crippen MR) is 97.4 cm³/mol. The summed E-state index contributed by atoms with van der Waals surface area (Å²) >= 11 is 7.56. The average Bonchev–Trinajstić information content (AvgIpc) is 3.05. The summed E-state index contributed by atoms with van der Waals surface area (Å²) in [4.78, 5) is 11.6. The van der Waals surface area contributed by atoms with E-state index in [1.165, 1.54) is 17.4 Å². The monoisotopic (exact) mass is 379 g/mol. The van der Waals surface area contributed by atoms with Crippen LogP contribution < -0.4 is 9.64 Å². The van der Waals surface area contributed by atoms with Crippen LogP contribution in [0, 0.1) is 5.82 Å². The molecular weight excluding hydrogens is 365 g/mol. The van der Waals surface area contributed by atoms with E-state index in [-0.39, 0.29) is 11.1 Å². The van der Waals surface area contributed by atoms with Gasteiger partial charge in [0.15, 0.2) is 5.82 Å². The van der Waals surface area contributed by atoms with Gasteiger partial charge in [-0.15, -0.1) is 11.3 Å². The highest BCUT2D eigenvalue weighted by molar-refractivity contribution is 7.22. The van der Waals surface area contributed by atoms with E-state index >= 15 is 0 Å². The molecule has 1 aliphatic heterocycles. The summed E-state index contributed by atoms with van der Waals surface area (Å²) in [5, 5.41) is 0.185. The summed E-state index contributed by atoms with van der Waals surface area (Å²) in [7, 11) is 1.56. The molecule has 5 nitrogen and oxygen atoms in total. The second-order valence-electron chi connectivity index (χ2n) is 5.59. The van der Waals surface area contributed by atoms with Gasteiger partial charge in [-0.1, -0.05) is 0 Å². The van der Waals surface area contributed by atoms with Crippen LogP contribution in [0.25, 0.3) is 20.7 Å². The fraction of sp³-hybridized carbons (Fsp3) is 0.294. The van der Waals surface area contributed by atoms with Crippen LogP contribution in [0.2, 0.25) is 5.28 Å². The third-order valence-electron chi connectivity index (χ3n) is 4.08. The molecule has 1 fully saturated rings. The molecule has 2 aromatic heterocycles. The number of ether oxygens (including phenoxy) is 2. The summed E-state index contributed by atoms with van der Waals surface area (Å²) in [6.45, 7) is 2.77. The minimum Gasteiger partial charge on any atom is -0.497 e. The zero-order valence-electron chi connectivity index (χ0n) is 13.5. The molecular formula is C17H15ClFN3O2S. The molecule has 0 radical (unpaired) electrons. The Bertz CT molecular complexity index is 928. The van der Waals surface area contributed by atoms with Crippen molar-refractivity contribution in [2.24, 2.45) is 0 Å². The van der Waals surface area contributed by atoms with Crippen LogP contribution in [0.3, 0.4) is 0 Å². The summed E-state index contributed by atoms with van der Waals surface area (Å²) in [6.07, 6.45) is 0. The number of methoxy groups -OCH3 is 1. The number of fused-ring (bicyclic) bond motifs is 1. The Morgan fingerprint density at radius 3 is 2.80 bits per heavy atom. The lowest BCUT2D eigenvalue weighted by atomic mass is 10.1. The highest BCUT2D eigenvalue weighted by Gasteiger charge is 2.20. The molecule has 0 atom stereocenters. The van der Waals surface area contributed by atoms with Gasteiger partial charge in [-0.3, -0.25) is 0 Å². The van der Waals surface area contributed by atoms with Crippen molar-refractivity contribution in [1.29, 1.82) is 0 Å². The number of thiophene rings is 1. The van der Waals surface area contributed by atoms with E-state index in [9.17, 15) is 4.39 Å². The molecule has 4 rings (SSSR count). The third-order valence-corrected chi connectivity index (χ3v) is 5.40. The Morgan fingerprint density at radius 2 is 2.04 bits per heavy atom. The summed E-state index contributed by atoms with van der Waals surface area (Å²) in [5.74, 6) is 1.07.